The molecule has 2 aliphatic heterocycles. The van der Waals surface area contributed by atoms with Crippen LogP contribution in [0.5, 0.6) is 0 Å². The molecule has 4 rings (SSSR count). The molecule has 2 aromatic heterocycles. The Bertz CT molecular complexity index is 842. The summed E-state index contributed by atoms with van der Waals surface area (Å²) in [6, 6.07) is 3.95. The molecule has 8 nitrogen and oxygen atoms in total. The summed E-state index contributed by atoms with van der Waals surface area (Å²) in [4.78, 5) is 24.2. The Morgan fingerprint density at radius 1 is 1.43 bits per heavy atom. The lowest BCUT2D eigenvalue weighted by molar-refractivity contribution is 0.143. The highest BCUT2D eigenvalue weighted by Crippen LogP contribution is 2.33. The smallest absolute Gasteiger partial charge is 0.320 e. The number of carbonyl (C=O) groups excluding carboxylic acids is 1. The third-order valence-electron chi connectivity index (χ3n) is 5.64. The average molecular weight is 425 g/mol. The van der Waals surface area contributed by atoms with Gasteiger partial charge in [-0.15, -0.1) is 16.4 Å². The molecule has 2 aliphatic rings. The van der Waals surface area contributed by atoms with Gasteiger partial charge in [0.1, 0.15) is 5.82 Å². The molecule has 152 valence electrons. The van der Waals surface area contributed by atoms with Gasteiger partial charge in [0, 0.05) is 43.5 Å². The monoisotopic (exact) mass is 424 g/mol. The number of hydrogen-bond donors (Lipinski definition) is 2. The number of β-amino-alcohol motifs (C(OH)–C–C–N with tert-alkyl or cyclic N) is 1. The predicted molar refractivity (Wildman–Crippen MR) is 109 cm³/mol. The van der Waals surface area contributed by atoms with E-state index in [0.29, 0.717) is 38.5 Å². The molecule has 0 saturated carbocycles. The van der Waals surface area contributed by atoms with Crippen LogP contribution in [-0.2, 0) is 6.54 Å². The van der Waals surface area contributed by atoms with Gasteiger partial charge in [-0.1, -0.05) is 11.6 Å². The molecular formula is C18H25ClN6O2S. The average Bonchev–Trinajstić information content (AvgIpc) is 3.42. The van der Waals surface area contributed by atoms with Gasteiger partial charge >= 0.3 is 6.03 Å². The predicted octanol–water partition coefficient (Wildman–Crippen LogP) is 2.52. The van der Waals surface area contributed by atoms with Crippen molar-refractivity contribution in [2.75, 3.05) is 31.6 Å². The molecule has 4 heterocycles. The molecule has 0 aromatic carbocycles. The van der Waals surface area contributed by atoms with Crippen LogP contribution in [0, 0.1) is 0 Å². The lowest BCUT2D eigenvalue weighted by atomic mass is 10.0. The minimum Gasteiger partial charge on any atom is -0.391 e. The number of urea groups is 1. The molecule has 0 radical (unpaired) electrons. The number of nitrogens with zero attached hydrogens (tertiary/aromatic N) is 5. The summed E-state index contributed by atoms with van der Waals surface area (Å²) in [5.74, 6) is 1.58. The highest BCUT2D eigenvalue weighted by molar-refractivity contribution is 7.16. The number of rotatable bonds is 4. The van der Waals surface area contributed by atoms with Gasteiger partial charge in [-0.2, -0.15) is 4.98 Å². The van der Waals surface area contributed by atoms with E-state index >= 15 is 0 Å². The van der Waals surface area contributed by atoms with Gasteiger partial charge in [0.05, 0.1) is 17.0 Å². The van der Waals surface area contributed by atoms with Crippen molar-refractivity contribution in [3.63, 3.8) is 0 Å². The highest BCUT2D eigenvalue weighted by Gasteiger charge is 2.39. The van der Waals surface area contributed by atoms with Crippen molar-refractivity contribution in [2.24, 2.45) is 0 Å². The number of halogens is 1. The summed E-state index contributed by atoms with van der Waals surface area (Å²) in [6.45, 7) is 4.49. The first-order valence-corrected chi connectivity index (χ1v) is 10.7. The van der Waals surface area contributed by atoms with Gasteiger partial charge < -0.3 is 19.8 Å². The second-order valence-electron chi connectivity index (χ2n) is 7.58. The van der Waals surface area contributed by atoms with Gasteiger partial charge in [-0.3, -0.25) is 5.10 Å². The molecule has 0 bridgehead atoms. The van der Waals surface area contributed by atoms with E-state index < -0.39 is 6.10 Å². The van der Waals surface area contributed by atoms with E-state index in [2.05, 4.69) is 22.1 Å². The summed E-state index contributed by atoms with van der Waals surface area (Å²) in [6.07, 6.45) is 1.11. The van der Waals surface area contributed by atoms with Gasteiger partial charge in [0.2, 0.25) is 5.95 Å². The maximum Gasteiger partial charge on any atom is 0.320 e. The van der Waals surface area contributed by atoms with Gasteiger partial charge in [-0.25, -0.2) is 4.79 Å². The van der Waals surface area contributed by atoms with Gasteiger partial charge in [-0.05, 0) is 31.9 Å². The third-order valence-corrected chi connectivity index (χ3v) is 6.86. The quantitative estimate of drug-likeness (QED) is 0.787. The van der Waals surface area contributed by atoms with Crippen molar-refractivity contribution in [3.8, 4) is 0 Å². The summed E-state index contributed by atoms with van der Waals surface area (Å²) in [7, 11) is 1.95. The maximum absolute atomic E-state index is 12.8. The largest absolute Gasteiger partial charge is 0.391 e. The molecule has 2 aromatic rings. The molecule has 3 atom stereocenters. The van der Waals surface area contributed by atoms with Crippen molar-refractivity contribution in [3.05, 3.63) is 27.2 Å². The fourth-order valence-electron chi connectivity index (χ4n) is 4.02. The summed E-state index contributed by atoms with van der Waals surface area (Å²) >= 11 is 7.55. The van der Waals surface area contributed by atoms with Crippen molar-refractivity contribution >= 4 is 34.9 Å². The van der Waals surface area contributed by atoms with Crippen molar-refractivity contribution < 1.29 is 9.90 Å². The van der Waals surface area contributed by atoms with E-state index in [4.69, 9.17) is 11.6 Å². The standard InChI is InChI=1S/C18H25ClN6O2S/c1-11-14(6-8-25(11)18(27)24-7-5-12(26)9-24)16-20-17(22-21-16)23(2)10-13-3-4-15(19)28-13/h3-4,11-12,14,26H,5-10H2,1-2H3,(H,20,21,22). The summed E-state index contributed by atoms with van der Waals surface area (Å²) < 4.78 is 0.772. The second-order valence-corrected chi connectivity index (χ2v) is 9.38. The number of H-pyrrole nitrogens is 1. The lowest BCUT2D eigenvalue weighted by Crippen LogP contribution is -2.44. The fourth-order valence-corrected chi connectivity index (χ4v) is 5.16. The number of amides is 2. The molecule has 28 heavy (non-hydrogen) atoms. The third kappa shape index (κ3) is 3.83. The SMILES string of the molecule is CC1C(c2nc(N(C)Cc3ccc(Cl)s3)n[nH]2)CCN1C(=O)N1CCC(O)C1. The van der Waals surface area contributed by atoms with Crippen LogP contribution in [0.4, 0.5) is 10.7 Å². The van der Waals surface area contributed by atoms with E-state index in [-0.39, 0.29) is 18.0 Å². The van der Waals surface area contributed by atoms with E-state index in [1.807, 2.05) is 29.0 Å². The number of anilines is 1. The van der Waals surface area contributed by atoms with Crippen molar-refractivity contribution in [1.82, 2.24) is 25.0 Å². The second kappa shape index (κ2) is 7.88. The Hall–Kier alpha value is -1.84. The molecule has 3 unspecified atom stereocenters. The van der Waals surface area contributed by atoms with E-state index in [1.54, 1.807) is 16.2 Å². The van der Waals surface area contributed by atoms with Crippen LogP contribution >= 0.6 is 22.9 Å². The number of carbonyl (C=O) groups is 1. The van der Waals surface area contributed by atoms with Crippen LogP contribution < -0.4 is 4.90 Å². The van der Waals surface area contributed by atoms with Crippen molar-refractivity contribution in [2.45, 2.75) is 44.4 Å². The minimum absolute atomic E-state index is 0.0120. The summed E-state index contributed by atoms with van der Waals surface area (Å²) in [5.41, 5.74) is 0. The summed E-state index contributed by atoms with van der Waals surface area (Å²) in [5, 5.41) is 17.1. The minimum atomic E-state index is -0.400. The normalized spacial score (nSPS) is 24.9. The number of hydrogen-bond acceptors (Lipinski definition) is 6. The van der Waals surface area contributed by atoms with Gasteiger partial charge in [0.15, 0.2) is 0 Å². The Kier molecular flexibility index (Phi) is 5.48. The molecule has 2 amide bonds. The Balaban J connectivity index is 1.40. The molecule has 2 fully saturated rings. The zero-order chi connectivity index (χ0) is 19.8. The maximum atomic E-state index is 12.8. The van der Waals surface area contributed by atoms with Crippen LogP contribution in [0.2, 0.25) is 4.34 Å². The number of thiophene rings is 1. The number of nitrogens with one attached hydrogen (secondary N) is 1. The number of likely N-dealkylation sites (tertiary alicyclic amines) is 2. The van der Waals surface area contributed by atoms with Crippen LogP contribution in [0.3, 0.4) is 0 Å². The first-order valence-electron chi connectivity index (χ1n) is 9.53. The van der Waals surface area contributed by atoms with Gasteiger partial charge in [0.25, 0.3) is 0 Å². The van der Waals surface area contributed by atoms with Crippen molar-refractivity contribution in [1.29, 1.82) is 0 Å². The van der Waals surface area contributed by atoms with Crippen LogP contribution in [0.25, 0.3) is 0 Å². The molecule has 2 saturated heterocycles. The molecule has 0 spiro atoms. The van der Waals surface area contributed by atoms with E-state index in [9.17, 15) is 9.90 Å². The topological polar surface area (TPSA) is 88.6 Å². The lowest BCUT2D eigenvalue weighted by Gasteiger charge is -2.28. The van der Waals surface area contributed by atoms with E-state index in [0.717, 1.165) is 21.5 Å². The number of aromatic nitrogens is 3. The number of aliphatic hydroxyl groups is 1. The van der Waals surface area contributed by atoms with Crippen LogP contribution in [-0.4, -0.2) is 74.9 Å². The molecule has 0 aliphatic carbocycles. The first kappa shape index (κ1) is 19.5. The fraction of sp³-hybridized carbons (Fsp3) is 0.611. The number of aromatic amines is 1. The Morgan fingerprint density at radius 3 is 2.93 bits per heavy atom. The first-order chi connectivity index (χ1) is 13.4. The molecule has 2 N–H and O–H groups in total. The highest BCUT2D eigenvalue weighted by atomic mass is 35.5. The Morgan fingerprint density at radius 2 is 2.25 bits per heavy atom. The zero-order valence-electron chi connectivity index (χ0n) is 16.0. The number of aliphatic hydroxyl groups excluding tert-OH is 1. The Labute approximate surface area is 173 Å². The zero-order valence-corrected chi connectivity index (χ0v) is 17.6. The van der Waals surface area contributed by atoms with E-state index in [1.165, 1.54) is 0 Å². The van der Waals surface area contributed by atoms with Crippen LogP contribution in [0.15, 0.2) is 12.1 Å². The molecule has 10 heteroatoms. The molecular weight excluding hydrogens is 400 g/mol. The van der Waals surface area contributed by atoms with Crippen LogP contribution in [0.1, 0.15) is 36.4 Å².